The lowest BCUT2D eigenvalue weighted by atomic mass is 9.96. The average molecular weight is 497 g/mol. The van der Waals surface area contributed by atoms with Crippen molar-refractivity contribution >= 4 is 34.7 Å². The largest absolute Gasteiger partial charge is 0.466 e. The van der Waals surface area contributed by atoms with Gasteiger partial charge >= 0.3 is 11.9 Å². The first-order chi connectivity index (χ1) is 17.3. The van der Waals surface area contributed by atoms with E-state index in [0.29, 0.717) is 29.6 Å². The Morgan fingerprint density at radius 2 is 1.94 bits per heavy atom. The monoisotopic (exact) mass is 496 g/mol. The number of aryl methyl sites for hydroxylation is 1. The standard InChI is InChI=1S/C25H28N4O7/c1-3-34-21(31)12-9-15(24(33)35-4-2)13-19(30)20-11-10-17(36-20)8-6-5-7-16-14-18-22(27-16)28-25(26)29-23(18)32/h10-11,14-15H,3-5,7,9,12-13H2,1-2H3,(H4,26,27,28,29,32)/t15-/m1/s1. The summed E-state index contributed by atoms with van der Waals surface area (Å²) < 4.78 is 15.5. The third-order valence-corrected chi connectivity index (χ3v) is 5.24. The van der Waals surface area contributed by atoms with Gasteiger partial charge in [-0.05, 0) is 50.8 Å². The minimum Gasteiger partial charge on any atom is -0.466 e. The van der Waals surface area contributed by atoms with Gasteiger partial charge in [-0.15, -0.1) is 0 Å². The Hall–Kier alpha value is -4.33. The molecule has 0 spiro atoms. The number of H-pyrrole nitrogens is 2. The van der Waals surface area contributed by atoms with Crippen LogP contribution >= 0.6 is 0 Å². The summed E-state index contributed by atoms with van der Waals surface area (Å²) in [6, 6.07) is 4.78. The number of nitrogens with two attached hydrogens (primary N) is 1. The van der Waals surface area contributed by atoms with Crippen LogP contribution in [-0.2, 0) is 25.5 Å². The van der Waals surface area contributed by atoms with E-state index in [9.17, 15) is 19.2 Å². The number of esters is 2. The molecule has 0 aliphatic rings. The molecule has 0 amide bonds. The second-order valence-corrected chi connectivity index (χ2v) is 7.89. The molecule has 0 saturated carbocycles. The second-order valence-electron chi connectivity index (χ2n) is 7.89. The fourth-order valence-corrected chi connectivity index (χ4v) is 3.54. The number of nitrogen functional groups attached to an aromatic ring is 1. The van der Waals surface area contributed by atoms with Gasteiger partial charge in [0.15, 0.2) is 17.3 Å². The van der Waals surface area contributed by atoms with E-state index >= 15 is 0 Å². The SMILES string of the molecule is CCOC(=O)CC[C@H](CC(=O)c1ccc(C#CCCc2cc3c(=O)[nH]c(N)nc3[nH]2)o1)C(=O)OCC. The third-order valence-electron chi connectivity index (χ3n) is 5.24. The molecular weight excluding hydrogens is 468 g/mol. The number of carbonyl (C=O) groups excluding carboxylic acids is 3. The van der Waals surface area contributed by atoms with Crippen molar-refractivity contribution in [2.45, 2.75) is 46.0 Å². The molecule has 1 atom stereocenters. The Bertz CT molecular complexity index is 1360. The highest BCUT2D eigenvalue weighted by atomic mass is 16.5. The minimum atomic E-state index is -0.783. The van der Waals surface area contributed by atoms with Crippen molar-refractivity contribution < 1.29 is 28.3 Å². The zero-order chi connectivity index (χ0) is 26.1. The fourth-order valence-electron chi connectivity index (χ4n) is 3.54. The topological polar surface area (TPSA) is 170 Å². The Morgan fingerprint density at radius 1 is 1.17 bits per heavy atom. The van der Waals surface area contributed by atoms with Crippen molar-refractivity contribution in [3.8, 4) is 11.8 Å². The lowest BCUT2D eigenvalue weighted by molar-refractivity contribution is -0.149. The average Bonchev–Trinajstić information content (AvgIpc) is 3.47. The number of furan rings is 1. The maximum Gasteiger partial charge on any atom is 0.309 e. The normalized spacial score (nSPS) is 11.5. The predicted octanol–water partition coefficient (Wildman–Crippen LogP) is 2.51. The molecule has 0 aliphatic carbocycles. The molecule has 3 aromatic rings. The molecule has 0 saturated heterocycles. The van der Waals surface area contributed by atoms with E-state index in [1.54, 1.807) is 26.0 Å². The number of nitrogens with zero attached hydrogens (tertiary/aromatic N) is 1. The summed E-state index contributed by atoms with van der Waals surface area (Å²) in [5.74, 6) is 4.08. The number of ketones is 1. The van der Waals surface area contributed by atoms with Crippen LogP contribution in [0.25, 0.3) is 11.0 Å². The van der Waals surface area contributed by atoms with Gasteiger partial charge in [-0.1, -0.05) is 5.92 Å². The number of hydrogen-bond acceptors (Lipinski definition) is 9. The Labute approximate surface area is 206 Å². The number of carbonyl (C=O) groups is 3. The van der Waals surface area contributed by atoms with Crippen LogP contribution in [0, 0.1) is 17.8 Å². The first-order valence-electron chi connectivity index (χ1n) is 11.6. The molecule has 0 aromatic carbocycles. The van der Waals surface area contributed by atoms with Crippen molar-refractivity contribution in [2.75, 3.05) is 18.9 Å². The number of aromatic nitrogens is 3. The smallest absolute Gasteiger partial charge is 0.309 e. The Balaban J connectivity index is 1.58. The van der Waals surface area contributed by atoms with Gasteiger partial charge in [-0.3, -0.25) is 24.2 Å². The Morgan fingerprint density at radius 3 is 2.69 bits per heavy atom. The van der Waals surface area contributed by atoms with Crippen LogP contribution in [0.2, 0.25) is 0 Å². The van der Waals surface area contributed by atoms with Gasteiger partial charge in [-0.25, -0.2) is 0 Å². The molecular formula is C25H28N4O7. The summed E-state index contributed by atoms with van der Waals surface area (Å²) >= 11 is 0. The summed E-state index contributed by atoms with van der Waals surface area (Å²) in [5.41, 5.74) is 6.43. The molecule has 190 valence electrons. The van der Waals surface area contributed by atoms with Crippen molar-refractivity contribution in [3.63, 3.8) is 0 Å². The van der Waals surface area contributed by atoms with E-state index in [2.05, 4.69) is 26.8 Å². The molecule has 3 heterocycles. The number of fused-ring (bicyclic) bond motifs is 1. The van der Waals surface area contributed by atoms with Crippen LogP contribution in [-0.4, -0.2) is 45.9 Å². The van der Waals surface area contributed by atoms with E-state index < -0.39 is 17.9 Å². The summed E-state index contributed by atoms with van der Waals surface area (Å²) in [6.07, 6.45) is 0.989. The van der Waals surface area contributed by atoms with Crippen LogP contribution < -0.4 is 11.3 Å². The van der Waals surface area contributed by atoms with Gasteiger partial charge in [0.25, 0.3) is 5.56 Å². The molecule has 11 nitrogen and oxygen atoms in total. The van der Waals surface area contributed by atoms with Crippen LogP contribution in [0.3, 0.4) is 0 Å². The van der Waals surface area contributed by atoms with Crippen molar-refractivity contribution in [1.29, 1.82) is 0 Å². The predicted molar refractivity (Wildman–Crippen MR) is 130 cm³/mol. The lowest BCUT2D eigenvalue weighted by Crippen LogP contribution is -2.22. The molecule has 36 heavy (non-hydrogen) atoms. The molecule has 0 radical (unpaired) electrons. The van der Waals surface area contributed by atoms with E-state index in [-0.39, 0.29) is 55.5 Å². The minimum absolute atomic E-state index is 0.00763. The van der Waals surface area contributed by atoms with E-state index in [1.165, 1.54) is 6.07 Å². The number of Topliss-reactive ketones (excluding diaryl/α,β-unsaturated/α-hetero) is 1. The van der Waals surface area contributed by atoms with Crippen molar-refractivity contribution in [2.24, 2.45) is 5.92 Å². The van der Waals surface area contributed by atoms with Crippen LogP contribution in [0.5, 0.6) is 0 Å². The van der Waals surface area contributed by atoms with Crippen molar-refractivity contribution in [3.05, 3.63) is 45.8 Å². The molecule has 4 N–H and O–H groups in total. The Kier molecular flexibility index (Phi) is 9.05. The number of nitrogens with one attached hydrogen (secondary N) is 2. The number of ether oxygens (including phenoxy) is 2. The first-order valence-corrected chi connectivity index (χ1v) is 11.6. The zero-order valence-corrected chi connectivity index (χ0v) is 20.1. The number of hydrogen-bond donors (Lipinski definition) is 3. The van der Waals surface area contributed by atoms with Gasteiger partial charge in [0.1, 0.15) is 5.65 Å². The van der Waals surface area contributed by atoms with Crippen LogP contribution in [0.4, 0.5) is 5.95 Å². The highest BCUT2D eigenvalue weighted by molar-refractivity contribution is 5.96. The second kappa shape index (κ2) is 12.4. The molecule has 0 bridgehead atoms. The highest BCUT2D eigenvalue weighted by Crippen LogP contribution is 2.19. The molecule has 11 heteroatoms. The molecule has 3 aromatic heterocycles. The van der Waals surface area contributed by atoms with Crippen LogP contribution in [0.15, 0.2) is 27.4 Å². The summed E-state index contributed by atoms with van der Waals surface area (Å²) in [5, 5.41) is 0.421. The molecule has 0 unspecified atom stereocenters. The van der Waals surface area contributed by atoms with Gasteiger partial charge in [0.2, 0.25) is 5.95 Å². The lowest BCUT2D eigenvalue weighted by Gasteiger charge is -2.13. The van der Waals surface area contributed by atoms with E-state index in [4.69, 9.17) is 19.6 Å². The van der Waals surface area contributed by atoms with Gasteiger partial charge < -0.3 is 24.6 Å². The zero-order valence-electron chi connectivity index (χ0n) is 20.1. The summed E-state index contributed by atoms with van der Waals surface area (Å²) in [7, 11) is 0. The molecule has 0 fully saturated rings. The van der Waals surface area contributed by atoms with Gasteiger partial charge in [0, 0.05) is 25.0 Å². The summed E-state index contributed by atoms with van der Waals surface area (Å²) in [6.45, 7) is 3.78. The molecule has 0 aliphatic heterocycles. The number of aromatic amines is 2. The third kappa shape index (κ3) is 7.09. The van der Waals surface area contributed by atoms with E-state index in [1.807, 2.05) is 0 Å². The van der Waals surface area contributed by atoms with Crippen molar-refractivity contribution in [1.82, 2.24) is 15.0 Å². The van der Waals surface area contributed by atoms with E-state index in [0.717, 1.165) is 5.69 Å². The quantitative estimate of drug-likeness (QED) is 0.205. The number of anilines is 1. The number of rotatable bonds is 11. The maximum absolute atomic E-state index is 12.7. The maximum atomic E-state index is 12.7. The highest BCUT2D eigenvalue weighted by Gasteiger charge is 2.26. The first kappa shape index (κ1) is 26.3. The fraction of sp³-hybridized carbons (Fsp3) is 0.400. The molecule has 3 rings (SSSR count). The van der Waals surface area contributed by atoms with Gasteiger partial charge in [0.05, 0.1) is 24.5 Å². The van der Waals surface area contributed by atoms with Crippen LogP contribution in [0.1, 0.15) is 61.5 Å². The summed E-state index contributed by atoms with van der Waals surface area (Å²) in [4.78, 5) is 58.0. The van der Waals surface area contributed by atoms with Gasteiger partial charge in [-0.2, -0.15) is 4.98 Å².